The van der Waals surface area contributed by atoms with Crippen molar-refractivity contribution in [2.45, 2.75) is 39.3 Å². The van der Waals surface area contributed by atoms with E-state index in [1.165, 1.54) is 18.5 Å². The number of nitrogens with one attached hydrogen (secondary N) is 1. The molecule has 0 unspecified atom stereocenters. The molecule has 0 bridgehead atoms. The van der Waals surface area contributed by atoms with E-state index in [0.29, 0.717) is 6.04 Å². The molecule has 0 radical (unpaired) electrons. The maximum Gasteiger partial charge on any atom is 0.164 e. The van der Waals surface area contributed by atoms with E-state index < -0.39 is 0 Å². The highest BCUT2D eigenvalue weighted by atomic mass is 15.3. The standard InChI is InChI=1S/C14H19N5/c1-10-5-3-6-12(15-10)13-7-4-8-19(13)9-14-16-11(2)17-18-14/h3,5-6,13H,4,7-9H2,1-2H3,(H,16,17,18)/t13-/m0/s1. The molecule has 5 heteroatoms. The van der Waals surface area contributed by atoms with Crippen molar-refractivity contribution >= 4 is 0 Å². The number of pyridine rings is 1. The molecular weight excluding hydrogens is 238 g/mol. The summed E-state index contributed by atoms with van der Waals surface area (Å²) in [6, 6.07) is 6.66. The lowest BCUT2D eigenvalue weighted by Crippen LogP contribution is -2.24. The van der Waals surface area contributed by atoms with Gasteiger partial charge in [-0.2, -0.15) is 5.10 Å². The Bertz CT molecular complexity index is 562. The van der Waals surface area contributed by atoms with Gasteiger partial charge in [-0.05, 0) is 45.4 Å². The van der Waals surface area contributed by atoms with Crippen LogP contribution in [0, 0.1) is 13.8 Å². The van der Waals surface area contributed by atoms with Crippen molar-refractivity contribution in [3.05, 3.63) is 41.2 Å². The van der Waals surface area contributed by atoms with Crippen LogP contribution in [0.15, 0.2) is 18.2 Å². The molecule has 3 rings (SSSR count). The first-order valence-corrected chi connectivity index (χ1v) is 6.78. The molecule has 0 aromatic carbocycles. The Morgan fingerprint density at radius 3 is 2.95 bits per heavy atom. The molecule has 2 aromatic heterocycles. The van der Waals surface area contributed by atoms with Crippen molar-refractivity contribution in [3.63, 3.8) is 0 Å². The summed E-state index contributed by atoms with van der Waals surface area (Å²) in [5.74, 6) is 1.75. The van der Waals surface area contributed by atoms with Crippen LogP contribution in [0.2, 0.25) is 0 Å². The molecule has 1 saturated heterocycles. The lowest BCUT2D eigenvalue weighted by molar-refractivity contribution is 0.238. The number of aromatic amines is 1. The molecule has 0 saturated carbocycles. The first-order chi connectivity index (χ1) is 9.22. The molecule has 0 aliphatic carbocycles. The van der Waals surface area contributed by atoms with E-state index in [-0.39, 0.29) is 0 Å². The highest BCUT2D eigenvalue weighted by molar-refractivity contribution is 5.15. The van der Waals surface area contributed by atoms with E-state index in [1.807, 2.05) is 19.9 Å². The minimum atomic E-state index is 0.402. The molecule has 19 heavy (non-hydrogen) atoms. The highest BCUT2D eigenvalue weighted by Crippen LogP contribution is 2.31. The Balaban J connectivity index is 1.78. The summed E-state index contributed by atoms with van der Waals surface area (Å²) in [7, 11) is 0. The number of nitrogens with zero attached hydrogens (tertiary/aromatic N) is 4. The highest BCUT2D eigenvalue weighted by Gasteiger charge is 2.27. The van der Waals surface area contributed by atoms with E-state index in [2.05, 4.69) is 37.2 Å². The molecular formula is C14H19N5. The van der Waals surface area contributed by atoms with Crippen LogP contribution in [0.3, 0.4) is 0 Å². The monoisotopic (exact) mass is 257 g/mol. The van der Waals surface area contributed by atoms with Gasteiger partial charge in [0.05, 0.1) is 18.3 Å². The maximum absolute atomic E-state index is 4.66. The average Bonchev–Trinajstić information content (AvgIpc) is 2.99. The molecule has 100 valence electrons. The van der Waals surface area contributed by atoms with Crippen LogP contribution in [0.4, 0.5) is 0 Å². The van der Waals surface area contributed by atoms with Crippen LogP contribution in [-0.2, 0) is 6.54 Å². The third-order valence-electron chi connectivity index (χ3n) is 3.60. The van der Waals surface area contributed by atoms with Gasteiger partial charge in [0.25, 0.3) is 0 Å². The average molecular weight is 257 g/mol. The number of hydrogen-bond acceptors (Lipinski definition) is 4. The van der Waals surface area contributed by atoms with Gasteiger partial charge < -0.3 is 0 Å². The molecule has 2 aromatic rings. The molecule has 3 heterocycles. The van der Waals surface area contributed by atoms with Crippen molar-refractivity contribution in [1.29, 1.82) is 0 Å². The van der Waals surface area contributed by atoms with Crippen LogP contribution in [0.5, 0.6) is 0 Å². The number of rotatable bonds is 3. The molecule has 0 amide bonds. The van der Waals surface area contributed by atoms with Gasteiger partial charge >= 0.3 is 0 Å². The summed E-state index contributed by atoms with van der Waals surface area (Å²) in [4.78, 5) is 11.5. The van der Waals surface area contributed by atoms with Crippen LogP contribution in [-0.4, -0.2) is 31.6 Å². The quantitative estimate of drug-likeness (QED) is 0.915. The molecule has 0 spiro atoms. The summed E-state index contributed by atoms with van der Waals surface area (Å²) in [6.45, 7) is 5.86. The third-order valence-corrected chi connectivity index (χ3v) is 3.60. The summed E-state index contributed by atoms with van der Waals surface area (Å²) >= 11 is 0. The van der Waals surface area contributed by atoms with Crippen LogP contribution in [0.25, 0.3) is 0 Å². The van der Waals surface area contributed by atoms with E-state index in [9.17, 15) is 0 Å². The zero-order valence-corrected chi connectivity index (χ0v) is 11.4. The minimum Gasteiger partial charge on any atom is -0.287 e. The first-order valence-electron chi connectivity index (χ1n) is 6.78. The predicted molar refractivity (Wildman–Crippen MR) is 72.5 cm³/mol. The van der Waals surface area contributed by atoms with Gasteiger partial charge in [0.1, 0.15) is 5.82 Å². The smallest absolute Gasteiger partial charge is 0.164 e. The zero-order valence-electron chi connectivity index (χ0n) is 11.4. The summed E-state index contributed by atoms with van der Waals surface area (Å²) in [5.41, 5.74) is 2.25. The van der Waals surface area contributed by atoms with Crippen molar-refractivity contribution in [3.8, 4) is 0 Å². The van der Waals surface area contributed by atoms with Crippen molar-refractivity contribution in [2.75, 3.05) is 6.54 Å². The molecule has 1 atom stereocenters. The molecule has 1 N–H and O–H groups in total. The van der Waals surface area contributed by atoms with Gasteiger partial charge in [0.2, 0.25) is 0 Å². The SMILES string of the molecule is Cc1cccc([C@@H]2CCCN2Cc2n[nH]c(C)n2)n1. The van der Waals surface area contributed by atoms with Crippen LogP contribution in [0.1, 0.15) is 41.9 Å². The molecule has 1 aliphatic heterocycles. The number of hydrogen-bond donors (Lipinski definition) is 1. The van der Waals surface area contributed by atoms with Gasteiger partial charge in [0, 0.05) is 5.69 Å². The Hall–Kier alpha value is -1.75. The second-order valence-corrected chi connectivity index (χ2v) is 5.17. The summed E-state index contributed by atoms with van der Waals surface area (Å²) in [6.07, 6.45) is 2.38. The second kappa shape index (κ2) is 5.09. The zero-order chi connectivity index (χ0) is 13.2. The fraction of sp³-hybridized carbons (Fsp3) is 0.500. The van der Waals surface area contributed by atoms with E-state index >= 15 is 0 Å². The van der Waals surface area contributed by atoms with Gasteiger partial charge in [-0.15, -0.1) is 0 Å². The first kappa shape index (κ1) is 12.3. The Labute approximate surface area is 113 Å². The van der Waals surface area contributed by atoms with E-state index in [4.69, 9.17) is 0 Å². The van der Waals surface area contributed by atoms with Crippen LogP contribution >= 0.6 is 0 Å². The minimum absolute atomic E-state index is 0.402. The van der Waals surface area contributed by atoms with E-state index in [1.54, 1.807) is 0 Å². The largest absolute Gasteiger partial charge is 0.287 e. The topological polar surface area (TPSA) is 57.7 Å². The Kier molecular flexibility index (Phi) is 3.29. The molecule has 5 nitrogen and oxygen atoms in total. The van der Waals surface area contributed by atoms with Gasteiger partial charge in [-0.1, -0.05) is 6.07 Å². The number of likely N-dealkylation sites (tertiary alicyclic amines) is 1. The van der Waals surface area contributed by atoms with Crippen molar-refractivity contribution < 1.29 is 0 Å². The lowest BCUT2D eigenvalue weighted by Gasteiger charge is -2.22. The lowest BCUT2D eigenvalue weighted by atomic mass is 10.1. The molecule has 1 aliphatic rings. The fourth-order valence-corrected chi connectivity index (χ4v) is 2.74. The van der Waals surface area contributed by atoms with Crippen molar-refractivity contribution in [1.82, 2.24) is 25.1 Å². The Morgan fingerprint density at radius 1 is 1.32 bits per heavy atom. The number of H-pyrrole nitrogens is 1. The van der Waals surface area contributed by atoms with Crippen LogP contribution < -0.4 is 0 Å². The fourth-order valence-electron chi connectivity index (χ4n) is 2.74. The predicted octanol–water partition coefficient (Wildman–Crippen LogP) is 2.15. The van der Waals surface area contributed by atoms with Crippen molar-refractivity contribution in [2.24, 2.45) is 0 Å². The number of aromatic nitrogens is 4. The van der Waals surface area contributed by atoms with E-state index in [0.717, 1.165) is 30.4 Å². The summed E-state index contributed by atoms with van der Waals surface area (Å²) in [5, 5.41) is 7.13. The van der Waals surface area contributed by atoms with Gasteiger partial charge in [-0.25, -0.2) is 4.98 Å². The molecule has 1 fully saturated rings. The number of aryl methyl sites for hydroxylation is 2. The summed E-state index contributed by atoms with van der Waals surface area (Å²) < 4.78 is 0. The van der Waals surface area contributed by atoms with Gasteiger partial charge in [0.15, 0.2) is 5.82 Å². The maximum atomic E-state index is 4.66. The third kappa shape index (κ3) is 2.66. The second-order valence-electron chi connectivity index (χ2n) is 5.17. The Morgan fingerprint density at radius 2 is 2.21 bits per heavy atom. The normalized spacial score (nSPS) is 20.0. The van der Waals surface area contributed by atoms with Gasteiger partial charge in [-0.3, -0.25) is 15.0 Å².